The molecule has 28 heavy (non-hydrogen) atoms. The van der Waals surface area contributed by atoms with Crippen molar-refractivity contribution in [2.45, 2.75) is 38.8 Å². The Kier molecular flexibility index (Phi) is 5.07. The summed E-state index contributed by atoms with van der Waals surface area (Å²) < 4.78 is 5.72. The van der Waals surface area contributed by atoms with Gasteiger partial charge in [0.25, 0.3) is 0 Å². The molecule has 0 radical (unpaired) electrons. The molecule has 2 aliphatic rings. The van der Waals surface area contributed by atoms with Crippen LogP contribution in [0.4, 0.5) is 0 Å². The number of carbonyl (C=O) groups excluding carboxylic acids is 2. The number of nitrogens with one attached hydrogen (secondary N) is 1. The lowest BCUT2D eigenvalue weighted by molar-refractivity contribution is -0.130. The van der Waals surface area contributed by atoms with Crippen molar-refractivity contribution in [2.75, 3.05) is 13.2 Å². The van der Waals surface area contributed by atoms with Crippen LogP contribution in [0.5, 0.6) is 5.75 Å². The van der Waals surface area contributed by atoms with E-state index in [0.717, 1.165) is 28.9 Å². The number of hydrogen-bond acceptors (Lipinski definition) is 3. The summed E-state index contributed by atoms with van der Waals surface area (Å²) in [5.41, 5.74) is 3.26. The molecule has 2 amide bonds. The van der Waals surface area contributed by atoms with Gasteiger partial charge in [-0.2, -0.15) is 0 Å². The number of fused-ring (bicyclic) bond motifs is 1. The second-order valence-corrected chi connectivity index (χ2v) is 7.77. The fourth-order valence-corrected chi connectivity index (χ4v) is 4.15. The first kappa shape index (κ1) is 18.5. The van der Waals surface area contributed by atoms with Gasteiger partial charge in [-0.05, 0) is 25.5 Å². The number of carbonyl (C=O) groups is 2. The second-order valence-electron chi connectivity index (χ2n) is 7.77. The number of hydrogen-bond donors (Lipinski definition) is 1. The minimum atomic E-state index is -0.310. The normalized spacial score (nSPS) is 22.4. The number of likely N-dealkylation sites (tertiary alicyclic amines) is 1. The summed E-state index contributed by atoms with van der Waals surface area (Å²) >= 11 is 0. The summed E-state index contributed by atoms with van der Waals surface area (Å²) in [6.07, 6.45) is 1.01. The predicted octanol–water partition coefficient (Wildman–Crippen LogP) is 3.54. The Balaban J connectivity index is 1.44. The molecule has 2 aromatic rings. The molecule has 5 nitrogen and oxygen atoms in total. The van der Waals surface area contributed by atoms with Crippen LogP contribution in [0.15, 0.2) is 48.5 Å². The van der Waals surface area contributed by atoms with Crippen LogP contribution in [-0.4, -0.2) is 29.9 Å². The van der Waals surface area contributed by atoms with Crippen LogP contribution in [-0.2, 0) is 9.59 Å². The van der Waals surface area contributed by atoms with E-state index in [1.807, 2.05) is 61.2 Å². The zero-order valence-electron chi connectivity index (χ0n) is 16.4. The summed E-state index contributed by atoms with van der Waals surface area (Å²) in [5.74, 6) is 0.522. The maximum absolute atomic E-state index is 12.9. The fraction of sp³-hybridized carbons (Fsp3) is 0.391. The van der Waals surface area contributed by atoms with Gasteiger partial charge in [0.05, 0.1) is 24.6 Å². The van der Waals surface area contributed by atoms with Crippen LogP contribution in [0.25, 0.3) is 0 Å². The summed E-state index contributed by atoms with van der Waals surface area (Å²) in [6, 6.07) is 15.9. The first-order chi connectivity index (χ1) is 13.5. The average Bonchev–Trinajstić information content (AvgIpc) is 3.10. The van der Waals surface area contributed by atoms with Crippen molar-refractivity contribution in [2.24, 2.45) is 5.92 Å². The molecule has 2 aromatic carbocycles. The molecule has 2 aliphatic heterocycles. The third-order valence-electron chi connectivity index (χ3n) is 5.80. The van der Waals surface area contributed by atoms with E-state index in [1.165, 1.54) is 0 Å². The first-order valence-electron chi connectivity index (χ1n) is 9.91. The molecular formula is C23H26N2O3. The van der Waals surface area contributed by atoms with Crippen LogP contribution in [0.2, 0.25) is 0 Å². The van der Waals surface area contributed by atoms with Crippen molar-refractivity contribution in [1.29, 1.82) is 0 Å². The summed E-state index contributed by atoms with van der Waals surface area (Å²) in [4.78, 5) is 27.3. The lowest BCUT2D eigenvalue weighted by atomic mass is 9.97. The minimum absolute atomic E-state index is 0.0297. The Morgan fingerprint density at radius 1 is 1.21 bits per heavy atom. The highest BCUT2D eigenvalue weighted by molar-refractivity contribution is 5.89. The van der Waals surface area contributed by atoms with Gasteiger partial charge < -0.3 is 15.0 Å². The van der Waals surface area contributed by atoms with Gasteiger partial charge in [0.15, 0.2) is 0 Å². The van der Waals surface area contributed by atoms with Gasteiger partial charge in [0.1, 0.15) is 5.75 Å². The van der Waals surface area contributed by atoms with Gasteiger partial charge in [-0.3, -0.25) is 9.59 Å². The number of aryl methyl sites for hydroxylation is 1. The Morgan fingerprint density at radius 3 is 2.79 bits per heavy atom. The minimum Gasteiger partial charge on any atom is -0.493 e. The van der Waals surface area contributed by atoms with E-state index in [9.17, 15) is 9.59 Å². The van der Waals surface area contributed by atoms with Crippen LogP contribution < -0.4 is 10.1 Å². The molecule has 4 rings (SSSR count). The van der Waals surface area contributed by atoms with Gasteiger partial charge in [0, 0.05) is 24.9 Å². The van der Waals surface area contributed by atoms with Crippen LogP contribution in [0, 0.1) is 12.8 Å². The predicted molar refractivity (Wildman–Crippen MR) is 107 cm³/mol. The highest BCUT2D eigenvalue weighted by atomic mass is 16.5. The third kappa shape index (κ3) is 3.61. The van der Waals surface area contributed by atoms with Crippen molar-refractivity contribution in [3.8, 4) is 5.75 Å². The summed E-state index contributed by atoms with van der Waals surface area (Å²) in [6.45, 7) is 5.10. The average molecular weight is 378 g/mol. The number of amides is 2. The SMILES string of the molecule is Cc1ccc2c(c1)C(NC(=O)C1CC(=O)N(C(C)c3ccccc3)C1)CCO2. The molecule has 1 fully saturated rings. The van der Waals surface area contributed by atoms with Gasteiger partial charge in [-0.1, -0.05) is 48.0 Å². The maximum atomic E-state index is 12.9. The number of nitrogens with zero attached hydrogens (tertiary/aromatic N) is 1. The second kappa shape index (κ2) is 7.66. The smallest absolute Gasteiger partial charge is 0.225 e. The number of rotatable bonds is 4. The third-order valence-corrected chi connectivity index (χ3v) is 5.80. The molecule has 0 saturated carbocycles. The Morgan fingerprint density at radius 2 is 2.00 bits per heavy atom. The lowest BCUT2D eigenvalue weighted by Gasteiger charge is -2.28. The van der Waals surface area contributed by atoms with E-state index < -0.39 is 0 Å². The number of benzene rings is 2. The summed E-state index contributed by atoms with van der Waals surface area (Å²) in [5, 5.41) is 3.17. The zero-order chi connectivity index (χ0) is 19.7. The standard InChI is InChI=1S/C23H26N2O3/c1-15-8-9-21-19(12-15)20(10-11-28-21)24-23(27)18-13-22(26)25(14-18)16(2)17-6-4-3-5-7-17/h3-9,12,16,18,20H,10-11,13-14H2,1-2H3,(H,24,27). The fourth-order valence-electron chi connectivity index (χ4n) is 4.15. The van der Waals surface area contributed by atoms with Crippen LogP contribution in [0.3, 0.4) is 0 Å². The molecule has 146 valence electrons. The van der Waals surface area contributed by atoms with Crippen molar-refractivity contribution in [3.05, 3.63) is 65.2 Å². The van der Waals surface area contributed by atoms with Crippen molar-refractivity contribution in [3.63, 3.8) is 0 Å². The monoisotopic (exact) mass is 378 g/mol. The molecule has 0 spiro atoms. The van der Waals surface area contributed by atoms with E-state index in [-0.39, 0.29) is 36.2 Å². The van der Waals surface area contributed by atoms with E-state index in [4.69, 9.17) is 4.74 Å². The molecule has 1 N–H and O–H groups in total. The Hall–Kier alpha value is -2.82. The molecular weight excluding hydrogens is 352 g/mol. The van der Waals surface area contributed by atoms with Crippen molar-refractivity contribution >= 4 is 11.8 Å². The Labute approximate surface area is 165 Å². The van der Waals surface area contributed by atoms with Crippen molar-refractivity contribution < 1.29 is 14.3 Å². The van der Waals surface area contributed by atoms with E-state index in [0.29, 0.717) is 13.2 Å². The van der Waals surface area contributed by atoms with E-state index in [2.05, 4.69) is 11.4 Å². The molecule has 3 unspecified atom stereocenters. The van der Waals surface area contributed by atoms with Crippen LogP contribution >= 0.6 is 0 Å². The maximum Gasteiger partial charge on any atom is 0.225 e. The van der Waals surface area contributed by atoms with Gasteiger partial charge in [0.2, 0.25) is 11.8 Å². The molecule has 1 saturated heterocycles. The molecule has 0 aliphatic carbocycles. The molecule has 3 atom stereocenters. The molecule has 5 heteroatoms. The lowest BCUT2D eigenvalue weighted by Crippen LogP contribution is -2.37. The van der Waals surface area contributed by atoms with Gasteiger partial charge in [-0.25, -0.2) is 0 Å². The first-order valence-corrected chi connectivity index (χ1v) is 9.91. The van der Waals surface area contributed by atoms with E-state index >= 15 is 0 Å². The van der Waals surface area contributed by atoms with Crippen molar-refractivity contribution in [1.82, 2.24) is 10.2 Å². The topological polar surface area (TPSA) is 58.6 Å². The summed E-state index contributed by atoms with van der Waals surface area (Å²) in [7, 11) is 0. The highest BCUT2D eigenvalue weighted by Gasteiger charge is 2.38. The number of ether oxygens (including phenoxy) is 1. The Bertz CT molecular complexity index is 881. The zero-order valence-corrected chi connectivity index (χ0v) is 16.4. The van der Waals surface area contributed by atoms with Gasteiger partial charge >= 0.3 is 0 Å². The van der Waals surface area contributed by atoms with Crippen LogP contribution in [0.1, 0.15) is 48.5 Å². The van der Waals surface area contributed by atoms with Gasteiger partial charge in [-0.15, -0.1) is 0 Å². The highest BCUT2D eigenvalue weighted by Crippen LogP contribution is 2.34. The largest absolute Gasteiger partial charge is 0.493 e. The molecule has 2 heterocycles. The quantitative estimate of drug-likeness (QED) is 0.885. The van der Waals surface area contributed by atoms with E-state index in [1.54, 1.807) is 0 Å². The molecule has 0 aromatic heterocycles. The molecule has 0 bridgehead atoms.